The molecule has 4 rings (SSSR count). The van der Waals surface area contributed by atoms with E-state index in [1.807, 2.05) is 60.9 Å². The van der Waals surface area contributed by atoms with Crippen molar-refractivity contribution >= 4 is 67.5 Å². The Balaban J connectivity index is 0.000000275. The van der Waals surface area contributed by atoms with Gasteiger partial charge in [-0.15, -0.1) is 0 Å². The van der Waals surface area contributed by atoms with E-state index < -0.39 is 14.8 Å². The topological polar surface area (TPSA) is 51.6 Å². The first-order chi connectivity index (χ1) is 20.3. The maximum atomic E-state index is 7.02. The molecule has 0 radical (unpaired) electrons. The fourth-order valence-electron chi connectivity index (χ4n) is 5.24. The van der Waals surface area contributed by atoms with Crippen molar-refractivity contribution in [3.05, 3.63) is 85.5 Å². The first-order valence-corrected chi connectivity index (χ1v) is 23.7. The summed E-state index contributed by atoms with van der Waals surface area (Å²) >= 11 is 14.2. The zero-order valence-electron chi connectivity index (χ0n) is 26.0. The number of pyridine rings is 4. The molecule has 0 saturated carbocycles. The van der Waals surface area contributed by atoms with E-state index in [-0.39, 0.29) is 13.1 Å². The van der Waals surface area contributed by atoms with Gasteiger partial charge in [0.25, 0.3) is 0 Å². The summed E-state index contributed by atoms with van der Waals surface area (Å²) < 4.78 is 0. The number of hydrogen-bond donors (Lipinski definition) is 0. The summed E-state index contributed by atoms with van der Waals surface area (Å²) in [4.78, 5) is 17.8. The summed E-state index contributed by atoms with van der Waals surface area (Å²) in [5.74, 6) is 0. The van der Waals surface area contributed by atoms with E-state index in [9.17, 15) is 0 Å². The van der Waals surface area contributed by atoms with Crippen LogP contribution in [0.2, 0.25) is 22.2 Å². The van der Waals surface area contributed by atoms with Gasteiger partial charge >= 0.3 is 33.3 Å². The third kappa shape index (κ3) is 9.85. The van der Waals surface area contributed by atoms with Gasteiger partial charge in [0, 0.05) is 24.8 Å². The van der Waals surface area contributed by atoms with Crippen LogP contribution in [0.3, 0.4) is 0 Å². The summed E-state index contributed by atoms with van der Waals surface area (Å²) in [6.07, 6.45) is 7.47. The van der Waals surface area contributed by atoms with E-state index in [2.05, 4.69) is 87.5 Å². The van der Waals surface area contributed by atoms with Crippen molar-refractivity contribution in [1.82, 2.24) is 19.9 Å². The van der Waals surface area contributed by atoms with Crippen molar-refractivity contribution in [2.45, 2.75) is 77.6 Å². The van der Waals surface area contributed by atoms with Crippen molar-refractivity contribution in [3.8, 4) is 22.8 Å². The summed E-state index contributed by atoms with van der Waals surface area (Å²) in [5, 5.41) is 2.42. The quantitative estimate of drug-likeness (QED) is 0.134. The molecule has 0 bridgehead atoms. The first-order valence-electron chi connectivity index (χ1n) is 14.3. The van der Waals surface area contributed by atoms with Gasteiger partial charge in [0.15, 0.2) is 14.8 Å². The predicted octanol–water partition coefficient (Wildman–Crippen LogP) is 10.1. The van der Waals surface area contributed by atoms with Crippen molar-refractivity contribution in [3.63, 3.8) is 0 Å². The Bertz CT molecular complexity index is 1220. The van der Waals surface area contributed by atoms with Gasteiger partial charge in [-0.3, -0.25) is 19.9 Å². The van der Waals surface area contributed by atoms with Gasteiger partial charge in [0.2, 0.25) is 0 Å². The molecular formula is C32H42Cl4FeN4Si2. The number of rotatable bonds is 8. The zero-order valence-corrected chi connectivity index (χ0v) is 32.2. The molecule has 234 valence electrons. The van der Waals surface area contributed by atoms with Crippen LogP contribution in [-0.4, -0.2) is 34.7 Å². The minimum atomic E-state index is -2.01. The number of nitrogens with zero attached hydrogens (tertiary/aromatic N) is 4. The van der Waals surface area contributed by atoms with E-state index >= 15 is 0 Å². The molecule has 0 amide bonds. The van der Waals surface area contributed by atoms with Crippen molar-refractivity contribution in [1.29, 1.82) is 0 Å². The van der Waals surface area contributed by atoms with E-state index in [1.54, 1.807) is 12.4 Å². The molecular weight excluding hydrogens is 694 g/mol. The van der Waals surface area contributed by atoms with Crippen LogP contribution >= 0.6 is 42.4 Å². The normalized spacial score (nSPS) is 11.8. The Kier molecular flexibility index (Phi) is 15.9. The Hall–Kier alpha value is -1.29. The Labute approximate surface area is 284 Å². The van der Waals surface area contributed by atoms with E-state index in [1.165, 1.54) is 10.4 Å². The molecule has 43 heavy (non-hydrogen) atoms. The average Bonchev–Trinajstić information content (AvgIpc) is 3.01. The van der Waals surface area contributed by atoms with Gasteiger partial charge in [0.05, 0.1) is 22.8 Å². The summed E-state index contributed by atoms with van der Waals surface area (Å²) in [5.41, 5.74) is 5.51. The standard InChI is InChI=1S/2C16H21ClN2Si.2ClH.Fe/c2*1-12(2)20(17,13(3)4)14-8-9-16(19-11-14)15-7-5-6-10-18-15;;;/h2*5-13H,1-4H3;2*1H;/q;;;;+2/p-2. The predicted molar refractivity (Wildman–Crippen MR) is 190 cm³/mol. The number of hydrogen-bond acceptors (Lipinski definition) is 4. The van der Waals surface area contributed by atoms with Crippen LogP contribution in [0.4, 0.5) is 0 Å². The van der Waals surface area contributed by atoms with Gasteiger partial charge in [-0.2, -0.15) is 22.2 Å². The van der Waals surface area contributed by atoms with Crippen LogP contribution in [0.15, 0.2) is 85.5 Å². The molecule has 0 aliphatic heterocycles. The summed E-state index contributed by atoms with van der Waals surface area (Å²) in [6, 6.07) is 20.0. The Morgan fingerprint density at radius 1 is 0.488 bits per heavy atom. The Morgan fingerprint density at radius 3 is 1.00 bits per heavy atom. The van der Waals surface area contributed by atoms with Crippen LogP contribution in [0.1, 0.15) is 55.4 Å². The van der Waals surface area contributed by atoms with Gasteiger partial charge in [-0.25, -0.2) is 0 Å². The molecule has 0 atom stereocenters. The second-order valence-electron chi connectivity index (χ2n) is 11.5. The summed E-state index contributed by atoms with van der Waals surface area (Å²) in [7, 11) is 5.50. The van der Waals surface area contributed by atoms with Gasteiger partial charge in [0.1, 0.15) is 0 Å². The van der Waals surface area contributed by atoms with Gasteiger partial charge in [-0.1, -0.05) is 79.7 Å². The fraction of sp³-hybridized carbons (Fsp3) is 0.375. The molecule has 4 heterocycles. The molecule has 0 N–H and O–H groups in total. The summed E-state index contributed by atoms with van der Waals surface area (Å²) in [6.45, 7) is 17.7. The zero-order chi connectivity index (χ0) is 32.2. The second-order valence-corrected chi connectivity index (χ2v) is 25.9. The van der Waals surface area contributed by atoms with Gasteiger partial charge < -0.3 is 0 Å². The van der Waals surface area contributed by atoms with Crippen LogP contribution < -0.4 is 10.4 Å². The van der Waals surface area contributed by atoms with Crippen LogP contribution in [-0.2, 0) is 13.1 Å². The Morgan fingerprint density at radius 2 is 0.791 bits per heavy atom. The first kappa shape index (κ1) is 37.9. The molecule has 11 heteroatoms. The molecule has 0 aliphatic rings. The number of halogens is 4. The third-order valence-corrected chi connectivity index (χ3v) is 23.3. The average molecular weight is 737 g/mol. The maximum absolute atomic E-state index is 7.02. The van der Waals surface area contributed by atoms with Crippen molar-refractivity contribution in [2.75, 3.05) is 0 Å². The second kappa shape index (κ2) is 18.0. The molecule has 0 unspecified atom stereocenters. The van der Waals surface area contributed by atoms with E-state index in [4.69, 9.17) is 42.4 Å². The molecule has 0 saturated heterocycles. The van der Waals surface area contributed by atoms with Crippen LogP contribution in [0.25, 0.3) is 22.8 Å². The van der Waals surface area contributed by atoms with Gasteiger partial charge in [-0.05, 0) is 68.9 Å². The van der Waals surface area contributed by atoms with Crippen LogP contribution in [0.5, 0.6) is 0 Å². The van der Waals surface area contributed by atoms with Crippen molar-refractivity contribution < 1.29 is 13.1 Å². The number of aromatic nitrogens is 4. The van der Waals surface area contributed by atoms with Crippen LogP contribution in [0, 0.1) is 0 Å². The molecule has 4 aromatic rings. The fourth-order valence-corrected chi connectivity index (χ4v) is 12.4. The van der Waals surface area contributed by atoms with E-state index in [0.717, 1.165) is 22.8 Å². The molecule has 0 fully saturated rings. The minimum absolute atomic E-state index is 0.194. The molecule has 4 nitrogen and oxygen atoms in total. The van der Waals surface area contributed by atoms with Crippen molar-refractivity contribution in [2.24, 2.45) is 0 Å². The van der Waals surface area contributed by atoms with E-state index in [0.29, 0.717) is 22.2 Å². The molecule has 0 aromatic carbocycles. The monoisotopic (exact) mass is 734 g/mol. The molecule has 0 spiro atoms. The molecule has 0 aliphatic carbocycles. The molecule has 4 aromatic heterocycles. The third-order valence-electron chi connectivity index (χ3n) is 7.63. The SMILES string of the molecule is CC(C)[Si](Cl)(c1ccc(-c2ccccn2)nc1)C(C)C.CC(C)[Si](Cl)(c1ccc(-c2ccccn2)nc1)C(C)C.[Cl][Fe][Cl].